The molecule has 0 spiro atoms. The topological polar surface area (TPSA) is 29.9 Å². The molecule has 1 fully saturated rings. The van der Waals surface area contributed by atoms with Gasteiger partial charge in [-0.3, -0.25) is 4.68 Å². The maximum atomic E-state index is 4.22. The summed E-state index contributed by atoms with van der Waals surface area (Å²) in [5.41, 5.74) is 1.36. The van der Waals surface area contributed by atoms with Crippen LogP contribution in [-0.4, -0.2) is 22.4 Å². The van der Waals surface area contributed by atoms with Crippen LogP contribution < -0.4 is 5.32 Å². The van der Waals surface area contributed by atoms with Gasteiger partial charge >= 0.3 is 0 Å². The van der Waals surface area contributed by atoms with Crippen molar-refractivity contribution in [2.24, 2.45) is 13.0 Å². The minimum Gasteiger partial charge on any atom is -0.314 e. The van der Waals surface area contributed by atoms with Gasteiger partial charge in [0.05, 0.1) is 6.20 Å². The first kappa shape index (κ1) is 10.7. The zero-order valence-corrected chi connectivity index (χ0v) is 9.74. The van der Waals surface area contributed by atoms with E-state index in [-0.39, 0.29) is 0 Å². The number of nitrogens with zero attached hydrogens (tertiary/aromatic N) is 2. The Morgan fingerprint density at radius 1 is 1.60 bits per heavy atom. The first-order chi connectivity index (χ1) is 7.29. The average molecular weight is 207 g/mol. The van der Waals surface area contributed by atoms with Crippen LogP contribution in [0.2, 0.25) is 0 Å². The van der Waals surface area contributed by atoms with Crippen LogP contribution in [0.15, 0.2) is 12.4 Å². The second kappa shape index (κ2) is 4.79. The first-order valence-electron chi connectivity index (χ1n) is 6.00. The molecule has 1 unspecified atom stereocenters. The average Bonchev–Trinajstić information content (AvgIpc) is 2.48. The van der Waals surface area contributed by atoms with Crippen molar-refractivity contribution in [3.05, 3.63) is 18.0 Å². The van der Waals surface area contributed by atoms with Crippen LogP contribution in [0.1, 0.15) is 31.7 Å². The minimum atomic E-state index is 0.660. The summed E-state index contributed by atoms with van der Waals surface area (Å²) in [4.78, 5) is 0. The number of aromatic nitrogens is 2. The molecule has 0 amide bonds. The zero-order valence-electron chi connectivity index (χ0n) is 9.74. The number of aryl methyl sites for hydroxylation is 1. The second-order valence-electron chi connectivity index (χ2n) is 4.58. The van der Waals surface area contributed by atoms with Gasteiger partial charge in [0.15, 0.2) is 0 Å². The molecule has 1 N–H and O–H groups in total. The van der Waals surface area contributed by atoms with Gasteiger partial charge in [0.2, 0.25) is 0 Å². The van der Waals surface area contributed by atoms with E-state index in [0.717, 1.165) is 18.9 Å². The van der Waals surface area contributed by atoms with E-state index in [1.807, 2.05) is 17.9 Å². The van der Waals surface area contributed by atoms with Gasteiger partial charge < -0.3 is 5.32 Å². The summed E-state index contributed by atoms with van der Waals surface area (Å²) in [6.07, 6.45) is 9.47. The van der Waals surface area contributed by atoms with Gasteiger partial charge in [-0.1, -0.05) is 13.3 Å². The molecular formula is C12H21N3. The summed E-state index contributed by atoms with van der Waals surface area (Å²) in [5, 5.41) is 7.83. The van der Waals surface area contributed by atoms with Gasteiger partial charge in [-0.05, 0) is 37.3 Å². The predicted octanol–water partition coefficient (Wildman–Crippen LogP) is 1.74. The Hall–Kier alpha value is -0.830. The summed E-state index contributed by atoms with van der Waals surface area (Å²) < 4.78 is 1.89. The third kappa shape index (κ3) is 2.59. The van der Waals surface area contributed by atoms with Crippen LogP contribution >= 0.6 is 0 Å². The highest BCUT2D eigenvalue weighted by Gasteiger charge is 2.26. The quantitative estimate of drug-likeness (QED) is 0.797. The van der Waals surface area contributed by atoms with Gasteiger partial charge in [-0.15, -0.1) is 0 Å². The highest BCUT2D eigenvalue weighted by Crippen LogP contribution is 2.30. The Kier molecular flexibility index (Phi) is 3.41. The minimum absolute atomic E-state index is 0.660. The Bertz CT molecular complexity index is 302. The smallest absolute Gasteiger partial charge is 0.0522 e. The summed E-state index contributed by atoms with van der Waals surface area (Å²) in [5.74, 6) is 0.894. The van der Waals surface area contributed by atoms with Crippen molar-refractivity contribution in [1.29, 1.82) is 0 Å². The van der Waals surface area contributed by atoms with Gasteiger partial charge in [0.25, 0.3) is 0 Å². The molecule has 1 aliphatic rings. The Morgan fingerprint density at radius 3 is 2.87 bits per heavy atom. The normalized spacial score (nSPS) is 18.8. The van der Waals surface area contributed by atoms with Crippen LogP contribution in [0.5, 0.6) is 0 Å². The Balaban J connectivity index is 1.93. The molecule has 1 saturated carbocycles. The van der Waals surface area contributed by atoms with E-state index in [0.29, 0.717) is 6.04 Å². The SMILES string of the molecule is CCNC(Cc1cnn(C)c1)C1CCC1. The van der Waals surface area contributed by atoms with E-state index >= 15 is 0 Å². The van der Waals surface area contributed by atoms with Gasteiger partial charge in [-0.25, -0.2) is 0 Å². The van der Waals surface area contributed by atoms with Gasteiger partial charge in [0, 0.05) is 19.3 Å². The monoisotopic (exact) mass is 207 g/mol. The van der Waals surface area contributed by atoms with Crippen molar-refractivity contribution in [2.45, 2.75) is 38.6 Å². The predicted molar refractivity (Wildman–Crippen MR) is 61.7 cm³/mol. The van der Waals surface area contributed by atoms with Crippen molar-refractivity contribution < 1.29 is 0 Å². The molecule has 1 aromatic rings. The highest BCUT2D eigenvalue weighted by atomic mass is 15.2. The van der Waals surface area contributed by atoms with Gasteiger partial charge in [-0.2, -0.15) is 5.10 Å². The van der Waals surface area contributed by atoms with E-state index < -0.39 is 0 Å². The van der Waals surface area contributed by atoms with Crippen molar-refractivity contribution in [1.82, 2.24) is 15.1 Å². The largest absolute Gasteiger partial charge is 0.314 e. The molecular weight excluding hydrogens is 186 g/mol. The summed E-state index contributed by atoms with van der Waals surface area (Å²) in [7, 11) is 1.98. The fourth-order valence-electron chi connectivity index (χ4n) is 2.34. The molecule has 0 aliphatic heterocycles. The maximum Gasteiger partial charge on any atom is 0.0522 e. The molecule has 2 rings (SSSR count). The maximum absolute atomic E-state index is 4.22. The van der Waals surface area contributed by atoms with E-state index in [9.17, 15) is 0 Å². The van der Waals surface area contributed by atoms with E-state index in [2.05, 4.69) is 23.5 Å². The number of rotatable bonds is 5. The molecule has 1 aliphatic carbocycles. The van der Waals surface area contributed by atoms with E-state index in [1.54, 1.807) is 0 Å². The fraction of sp³-hybridized carbons (Fsp3) is 0.750. The third-order valence-corrected chi connectivity index (χ3v) is 3.40. The standard InChI is InChI=1S/C12H21N3/c1-3-13-12(11-5-4-6-11)7-10-8-14-15(2)9-10/h8-9,11-13H,3-7H2,1-2H3. The number of nitrogens with one attached hydrogen (secondary N) is 1. The molecule has 0 radical (unpaired) electrons. The Morgan fingerprint density at radius 2 is 2.40 bits per heavy atom. The van der Waals surface area contributed by atoms with Crippen LogP contribution in [0, 0.1) is 5.92 Å². The van der Waals surface area contributed by atoms with Crippen molar-refractivity contribution in [3.63, 3.8) is 0 Å². The van der Waals surface area contributed by atoms with Crippen molar-refractivity contribution >= 4 is 0 Å². The number of likely N-dealkylation sites (N-methyl/N-ethyl adjacent to an activating group) is 1. The molecule has 1 aromatic heterocycles. The fourth-order valence-corrected chi connectivity index (χ4v) is 2.34. The number of hydrogen-bond donors (Lipinski definition) is 1. The zero-order chi connectivity index (χ0) is 10.7. The van der Waals surface area contributed by atoms with Crippen LogP contribution in [0.3, 0.4) is 0 Å². The number of hydrogen-bond acceptors (Lipinski definition) is 2. The summed E-state index contributed by atoms with van der Waals surface area (Å²) in [6, 6.07) is 0.660. The lowest BCUT2D eigenvalue weighted by Crippen LogP contribution is -2.40. The van der Waals surface area contributed by atoms with Crippen molar-refractivity contribution in [3.8, 4) is 0 Å². The first-order valence-corrected chi connectivity index (χ1v) is 6.00. The molecule has 3 nitrogen and oxygen atoms in total. The lowest BCUT2D eigenvalue weighted by atomic mass is 9.78. The third-order valence-electron chi connectivity index (χ3n) is 3.40. The van der Waals surface area contributed by atoms with Crippen LogP contribution in [0.4, 0.5) is 0 Å². The lowest BCUT2D eigenvalue weighted by Gasteiger charge is -2.34. The van der Waals surface area contributed by atoms with Crippen LogP contribution in [0.25, 0.3) is 0 Å². The molecule has 84 valence electrons. The molecule has 3 heteroatoms. The summed E-state index contributed by atoms with van der Waals surface area (Å²) >= 11 is 0. The molecule has 15 heavy (non-hydrogen) atoms. The second-order valence-corrected chi connectivity index (χ2v) is 4.58. The van der Waals surface area contributed by atoms with Crippen molar-refractivity contribution in [2.75, 3.05) is 6.54 Å². The van der Waals surface area contributed by atoms with E-state index in [4.69, 9.17) is 0 Å². The molecule has 1 heterocycles. The lowest BCUT2D eigenvalue weighted by molar-refractivity contribution is 0.229. The molecule has 0 aromatic carbocycles. The molecule has 0 saturated heterocycles. The van der Waals surface area contributed by atoms with E-state index in [1.165, 1.54) is 24.8 Å². The molecule has 1 atom stereocenters. The highest BCUT2D eigenvalue weighted by molar-refractivity contribution is 5.07. The molecule has 0 bridgehead atoms. The van der Waals surface area contributed by atoms with Gasteiger partial charge in [0.1, 0.15) is 0 Å². The summed E-state index contributed by atoms with van der Waals surface area (Å²) in [6.45, 7) is 3.26. The Labute approximate surface area is 91.9 Å². The van der Waals surface area contributed by atoms with Crippen LogP contribution in [-0.2, 0) is 13.5 Å².